The third-order valence-corrected chi connectivity index (χ3v) is 3.28. The number of carbonyl (C=O) groups excluding carboxylic acids is 1. The number of carbonyl (C=O) groups is 1. The lowest BCUT2D eigenvalue weighted by atomic mass is 10.0. The van der Waals surface area contributed by atoms with Crippen LogP contribution >= 0.6 is 0 Å². The SMILES string of the molecule is C=C(C)C(=O)Oc1cc(OCCO)ccc1-c1ccc(C)cc1F. The van der Waals surface area contributed by atoms with Crippen LogP contribution in [0, 0.1) is 12.7 Å². The molecule has 0 fully saturated rings. The Hall–Kier alpha value is -2.66. The van der Waals surface area contributed by atoms with Crippen LogP contribution in [-0.2, 0) is 4.79 Å². The highest BCUT2D eigenvalue weighted by atomic mass is 19.1. The van der Waals surface area contributed by atoms with Crippen LogP contribution in [0.1, 0.15) is 12.5 Å². The highest BCUT2D eigenvalue weighted by Gasteiger charge is 2.16. The first-order valence-corrected chi connectivity index (χ1v) is 7.44. The van der Waals surface area contributed by atoms with Gasteiger partial charge in [-0.3, -0.25) is 0 Å². The van der Waals surface area contributed by atoms with Crippen LogP contribution in [0.4, 0.5) is 4.39 Å². The Bertz CT molecular complexity index is 768. The van der Waals surface area contributed by atoms with Gasteiger partial charge in [0.15, 0.2) is 0 Å². The van der Waals surface area contributed by atoms with E-state index in [1.807, 2.05) is 0 Å². The molecular formula is C19H19FO4. The molecule has 126 valence electrons. The predicted molar refractivity (Wildman–Crippen MR) is 89.6 cm³/mol. The maximum absolute atomic E-state index is 14.3. The van der Waals surface area contributed by atoms with Crippen molar-refractivity contribution < 1.29 is 23.8 Å². The van der Waals surface area contributed by atoms with Gasteiger partial charge in [0.2, 0.25) is 0 Å². The second-order valence-electron chi connectivity index (χ2n) is 5.38. The summed E-state index contributed by atoms with van der Waals surface area (Å²) in [7, 11) is 0. The first-order valence-electron chi connectivity index (χ1n) is 7.44. The summed E-state index contributed by atoms with van der Waals surface area (Å²) in [5.74, 6) is -0.444. The number of aliphatic hydroxyl groups excluding tert-OH is 1. The van der Waals surface area contributed by atoms with Crippen molar-refractivity contribution in [2.24, 2.45) is 0 Å². The van der Waals surface area contributed by atoms with Crippen LogP contribution < -0.4 is 9.47 Å². The van der Waals surface area contributed by atoms with Crippen molar-refractivity contribution in [1.29, 1.82) is 0 Å². The summed E-state index contributed by atoms with van der Waals surface area (Å²) < 4.78 is 24.9. The number of hydrogen-bond donors (Lipinski definition) is 1. The molecular weight excluding hydrogens is 311 g/mol. The Morgan fingerprint density at radius 2 is 1.92 bits per heavy atom. The summed E-state index contributed by atoms with van der Waals surface area (Å²) in [5, 5.41) is 8.84. The molecule has 2 aromatic carbocycles. The van der Waals surface area contributed by atoms with Gasteiger partial charge < -0.3 is 14.6 Å². The Labute approximate surface area is 140 Å². The Morgan fingerprint density at radius 1 is 1.21 bits per heavy atom. The molecule has 0 bridgehead atoms. The number of aliphatic hydroxyl groups is 1. The second kappa shape index (κ2) is 7.75. The number of halogens is 1. The molecule has 2 rings (SSSR count). The largest absolute Gasteiger partial charge is 0.491 e. The van der Waals surface area contributed by atoms with Gasteiger partial charge in [0.1, 0.15) is 23.9 Å². The van der Waals surface area contributed by atoms with E-state index >= 15 is 0 Å². The van der Waals surface area contributed by atoms with E-state index in [9.17, 15) is 9.18 Å². The molecule has 1 N–H and O–H groups in total. The van der Waals surface area contributed by atoms with Gasteiger partial charge in [-0.05, 0) is 37.6 Å². The van der Waals surface area contributed by atoms with E-state index in [0.717, 1.165) is 5.56 Å². The average Bonchev–Trinajstić information content (AvgIpc) is 2.53. The molecule has 0 aliphatic rings. The Morgan fingerprint density at radius 3 is 2.54 bits per heavy atom. The monoisotopic (exact) mass is 330 g/mol. The maximum atomic E-state index is 14.3. The van der Waals surface area contributed by atoms with Crippen molar-refractivity contribution in [1.82, 2.24) is 0 Å². The normalized spacial score (nSPS) is 10.3. The van der Waals surface area contributed by atoms with Crippen LogP contribution in [-0.4, -0.2) is 24.3 Å². The number of benzene rings is 2. The minimum atomic E-state index is -0.608. The summed E-state index contributed by atoms with van der Waals surface area (Å²) in [6.07, 6.45) is 0. The highest BCUT2D eigenvalue weighted by molar-refractivity contribution is 5.90. The molecule has 0 spiro atoms. The van der Waals surface area contributed by atoms with Gasteiger partial charge in [-0.2, -0.15) is 0 Å². The fraction of sp³-hybridized carbons (Fsp3) is 0.211. The van der Waals surface area contributed by atoms with Crippen molar-refractivity contribution in [3.05, 3.63) is 59.9 Å². The highest BCUT2D eigenvalue weighted by Crippen LogP contribution is 2.35. The predicted octanol–water partition coefficient (Wildman–Crippen LogP) is 3.65. The third kappa shape index (κ3) is 4.20. The Kier molecular flexibility index (Phi) is 5.71. The van der Waals surface area contributed by atoms with E-state index in [2.05, 4.69) is 6.58 Å². The first kappa shape index (κ1) is 17.7. The molecule has 0 saturated carbocycles. The summed E-state index contributed by atoms with van der Waals surface area (Å²) in [4.78, 5) is 11.9. The summed E-state index contributed by atoms with van der Waals surface area (Å²) in [6.45, 7) is 6.82. The standard InChI is InChI=1S/C19H19FO4/c1-12(2)19(22)24-18-11-14(23-9-8-21)5-7-16(18)15-6-4-13(3)10-17(15)20/h4-7,10-11,21H,1,8-9H2,2-3H3. The maximum Gasteiger partial charge on any atom is 0.338 e. The summed E-state index contributed by atoms with van der Waals surface area (Å²) in [5.41, 5.74) is 1.77. The smallest absolute Gasteiger partial charge is 0.338 e. The number of hydrogen-bond acceptors (Lipinski definition) is 4. The summed E-state index contributed by atoms with van der Waals surface area (Å²) in [6, 6.07) is 9.55. The molecule has 2 aromatic rings. The lowest BCUT2D eigenvalue weighted by molar-refractivity contribution is -0.130. The van der Waals surface area contributed by atoms with Crippen LogP contribution in [0.15, 0.2) is 48.6 Å². The van der Waals surface area contributed by atoms with Gasteiger partial charge in [0.25, 0.3) is 0 Å². The van der Waals surface area contributed by atoms with E-state index in [4.69, 9.17) is 14.6 Å². The van der Waals surface area contributed by atoms with Crippen LogP contribution in [0.25, 0.3) is 11.1 Å². The lowest BCUT2D eigenvalue weighted by Gasteiger charge is -2.14. The zero-order valence-corrected chi connectivity index (χ0v) is 13.6. The lowest BCUT2D eigenvalue weighted by Crippen LogP contribution is -2.10. The van der Waals surface area contributed by atoms with E-state index < -0.39 is 11.8 Å². The van der Waals surface area contributed by atoms with Crippen LogP contribution in [0.3, 0.4) is 0 Å². The van der Waals surface area contributed by atoms with Gasteiger partial charge in [0, 0.05) is 22.8 Å². The Balaban J connectivity index is 2.48. The molecule has 0 radical (unpaired) electrons. The van der Waals surface area contributed by atoms with Crippen molar-refractivity contribution >= 4 is 5.97 Å². The molecule has 5 heteroatoms. The van der Waals surface area contributed by atoms with Gasteiger partial charge in [0.05, 0.1) is 6.61 Å². The van der Waals surface area contributed by atoms with Gasteiger partial charge in [-0.15, -0.1) is 0 Å². The van der Waals surface area contributed by atoms with E-state index in [-0.39, 0.29) is 24.5 Å². The number of ether oxygens (including phenoxy) is 2. The molecule has 0 unspecified atom stereocenters. The number of esters is 1. The van der Waals surface area contributed by atoms with E-state index in [1.165, 1.54) is 19.1 Å². The van der Waals surface area contributed by atoms with Crippen LogP contribution in [0.2, 0.25) is 0 Å². The fourth-order valence-electron chi connectivity index (χ4n) is 2.09. The van der Waals surface area contributed by atoms with E-state index in [0.29, 0.717) is 16.9 Å². The molecule has 24 heavy (non-hydrogen) atoms. The van der Waals surface area contributed by atoms with Crippen LogP contribution in [0.5, 0.6) is 11.5 Å². The van der Waals surface area contributed by atoms with Gasteiger partial charge in [-0.1, -0.05) is 18.7 Å². The van der Waals surface area contributed by atoms with E-state index in [1.54, 1.807) is 31.2 Å². The third-order valence-electron chi connectivity index (χ3n) is 3.28. The quantitative estimate of drug-likeness (QED) is 0.499. The minimum absolute atomic E-state index is 0.103. The van der Waals surface area contributed by atoms with Crippen molar-refractivity contribution in [3.63, 3.8) is 0 Å². The second-order valence-corrected chi connectivity index (χ2v) is 5.38. The first-order chi connectivity index (χ1) is 11.4. The molecule has 0 aromatic heterocycles. The molecule has 0 heterocycles. The van der Waals surface area contributed by atoms with Gasteiger partial charge >= 0.3 is 5.97 Å². The summed E-state index contributed by atoms with van der Waals surface area (Å²) >= 11 is 0. The molecule has 0 amide bonds. The topological polar surface area (TPSA) is 55.8 Å². The van der Waals surface area contributed by atoms with Crippen molar-refractivity contribution in [2.45, 2.75) is 13.8 Å². The zero-order chi connectivity index (χ0) is 17.7. The zero-order valence-electron chi connectivity index (χ0n) is 13.6. The van der Waals surface area contributed by atoms with Crippen molar-refractivity contribution in [2.75, 3.05) is 13.2 Å². The average molecular weight is 330 g/mol. The molecule has 0 aliphatic heterocycles. The molecule has 0 saturated heterocycles. The number of rotatable bonds is 6. The molecule has 0 aliphatic carbocycles. The van der Waals surface area contributed by atoms with Crippen molar-refractivity contribution in [3.8, 4) is 22.6 Å². The van der Waals surface area contributed by atoms with Gasteiger partial charge in [-0.25, -0.2) is 9.18 Å². The number of aryl methyl sites for hydroxylation is 1. The molecule has 4 nitrogen and oxygen atoms in total. The minimum Gasteiger partial charge on any atom is -0.491 e. The fourth-order valence-corrected chi connectivity index (χ4v) is 2.09. The molecule has 0 atom stereocenters.